The van der Waals surface area contributed by atoms with Gasteiger partial charge >= 0.3 is 0 Å². The Hall–Kier alpha value is -2.24. The minimum absolute atomic E-state index is 0.202. The molecule has 0 aliphatic rings. The molecule has 6 heteroatoms. The Bertz CT molecular complexity index is 546. The van der Waals surface area contributed by atoms with Gasteiger partial charge in [0.05, 0.1) is 11.3 Å². The highest BCUT2D eigenvalue weighted by Crippen LogP contribution is 2.13. The van der Waals surface area contributed by atoms with E-state index in [4.69, 9.17) is 0 Å². The average Bonchev–Trinajstić information content (AvgIpc) is 2.54. The molecule has 2 rings (SSSR count). The van der Waals surface area contributed by atoms with E-state index in [1.807, 2.05) is 20.9 Å². The lowest BCUT2D eigenvalue weighted by Gasteiger charge is -2.03. The summed E-state index contributed by atoms with van der Waals surface area (Å²) in [7, 11) is 1.81. The quantitative estimate of drug-likeness (QED) is 0.839. The van der Waals surface area contributed by atoms with Crippen molar-refractivity contribution in [2.45, 2.75) is 13.8 Å². The first-order valence-electron chi connectivity index (χ1n) is 5.17. The predicted octanol–water partition coefficient (Wildman–Crippen LogP) is 1.08. The van der Waals surface area contributed by atoms with Gasteiger partial charge in [0.2, 0.25) is 0 Å². The number of aromatic nitrogens is 4. The van der Waals surface area contributed by atoms with Gasteiger partial charge in [-0.1, -0.05) is 0 Å². The fourth-order valence-corrected chi connectivity index (χ4v) is 1.65. The molecule has 6 nitrogen and oxygen atoms in total. The van der Waals surface area contributed by atoms with Crippen LogP contribution in [0, 0.1) is 13.8 Å². The van der Waals surface area contributed by atoms with Crippen LogP contribution in [0.3, 0.4) is 0 Å². The molecule has 0 spiro atoms. The van der Waals surface area contributed by atoms with Crippen LogP contribution in [-0.4, -0.2) is 25.7 Å². The molecule has 0 unspecified atom stereocenters. The summed E-state index contributed by atoms with van der Waals surface area (Å²) < 4.78 is 1.68. The number of carbonyl (C=O) groups is 1. The summed E-state index contributed by atoms with van der Waals surface area (Å²) >= 11 is 0. The van der Waals surface area contributed by atoms with Gasteiger partial charge in [-0.3, -0.25) is 9.48 Å². The molecule has 0 aliphatic heterocycles. The minimum Gasteiger partial charge on any atom is -0.306 e. The smallest absolute Gasteiger partial charge is 0.260 e. The van der Waals surface area contributed by atoms with E-state index in [1.165, 1.54) is 6.33 Å². The summed E-state index contributed by atoms with van der Waals surface area (Å²) in [5.41, 5.74) is 2.12. The van der Waals surface area contributed by atoms with E-state index < -0.39 is 0 Å². The molecule has 2 heterocycles. The SMILES string of the molecule is Cc1nn(C)c(C)c1C(=O)Nc1ccncn1. The van der Waals surface area contributed by atoms with Crippen LogP contribution in [0.15, 0.2) is 18.6 Å². The Balaban J connectivity index is 2.27. The standard InChI is InChI=1S/C11H13N5O/c1-7-10(8(2)16(3)15-7)11(17)14-9-4-5-12-6-13-9/h4-6H,1-3H3,(H,12,13,14,17). The Labute approximate surface area is 98.7 Å². The molecule has 0 saturated carbocycles. The summed E-state index contributed by atoms with van der Waals surface area (Å²) in [5.74, 6) is 0.277. The molecule has 0 saturated heterocycles. The van der Waals surface area contributed by atoms with Gasteiger partial charge in [0.1, 0.15) is 12.1 Å². The Morgan fingerprint density at radius 3 is 2.71 bits per heavy atom. The Kier molecular flexibility index (Phi) is 2.86. The van der Waals surface area contributed by atoms with Gasteiger partial charge in [0.15, 0.2) is 0 Å². The van der Waals surface area contributed by atoms with Crippen molar-refractivity contribution in [3.8, 4) is 0 Å². The van der Waals surface area contributed by atoms with E-state index in [2.05, 4.69) is 20.4 Å². The number of aryl methyl sites for hydroxylation is 2. The monoisotopic (exact) mass is 231 g/mol. The topological polar surface area (TPSA) is 72.7 Å². The van der Waals surface area contributed by atoms with Crippen LogP contribution >= 0.6 is 0 Å². The highest BCUT2D eigenvalue weighted by Gasteiger charge is 2.17. The van der Waals surface area contributed by atoms with Gasteiger partial charge in [0.25, 0.3) is 5.91 Å². The van der Waals surface area contributed by atoms with Crippen molar-refractivity contribution >= 4 is 11.7 Å². The van der Waals surface area contributed by atoms with E-state index in [9.17, 15) is 4.79 Å². The maximum Gasteiger partial charge on any atom is 0.260 e. The number of hydrogen-bond donors (Lipinski definition) is 1. The number of carbonyl (C=O) groups excluding carboxylic acids is 1. The molecule has 2 aromatic rings. The van der Waals surface area contributed by atoms with Gasteiger partial charge in [-0.05, 0) is 19.9 Å². The van der Waals surface area contributed by atoms with E-state index in [0.29, 0.717) is 17.1 Å². The second kappa shape index (κ2) is 4.32. The summed E-state index contributed by atoms with van der Waals surface area (Å²) in [6.07, 6.45) is 2.96. The fourth-order valence-electron chi connectivity index (χ4n) is 1.65. The minimum atomic E-state index is -0.202. The third kappa shape index (κ3) is 2.15. The first-order chi connectivity index (χ1) is 8.09. The summed E-state index contributed by atoms with van der Waals surface area (Å²) in [6, 6.07) is 1.64. The Morgan fingerprint density at radius 1 is 1.41 bits per heavy atom. The maximum atomic E-state index is 12.0. The average molecular weight is 231 g/mol. The van der Waals surface area contributed by atoms with Crippen molar-refractivity contribution < 1.29 is 4.79 Å². The lowest BCUT2D eigenvalue weighted by Crippen LogP contribution is -2.14. The van der Waals surface area contributed by atoms with Gasteiger partial charge in [-0.25, -0.2) is 9.97 Å². The van der Waals surface area contributed by atoms with Crippen LogP contribution in [0.25, 0.3) is 0 Å². The zero-order valence-corrected chi connectivity index (χ0v) is 9.93. The van der Waals surface area contributed by atoms with Gasteiger partial charge in [0, 0.05) is 18.9 Å². The number of anilines is 1. The first kappa shape index (κ1) is 11.3. The lowest BCUT2D eigenvalue weighted by atomic mass is 10.2. The van der Waals surface area contributed by atoms with Crippen LogP contribution in [-0.2, 0) is 7.05 Å². The van der Waals surface area contributed by atoms with Crippen molar-refractivity contribution in [1.82, 2.24) is 19.7 Å². The molecule has 1 amide bonds. The van der Waals surface area contributed by atoms with E-state index in [1.54, 1.807) is 16.9 Å². The Morgan fingerprint density at radius 2 is 2.18 bits per heavy atom. The van der Waals surface area contributed by atoms with Crippen molar-refractivity contribution in [3.05, 3.63) is 35.5 Å². The lowest BCUT2D eigenvalue weighted by molar-refractivity contribution is 0.102. The van der Waals surface area contributed by atoms with Gasteiger partial charge < -0.3 is 5.32 Å². The second-order valence-electron chi connectivity index (χ2n) is 3.72. The van der Waals surface area contributed by atoms with Crippen LogP contribution in [0.5, 0.6) is 0 Å². The van der Waals surface area contributed by atoms with E-state index >= 15 is 0 Å². The molecule has 0 fully saturated rings. The fraction of sp³-hybridized carbons (Fsp3) is 0.273. The van der Waals surface area contributed by atoms with Gasteiger partial charge in [-0.15, -0.1) is 0 Å². The zero-order chi connectivity index (χ0) is 12.4. The van der Waals surface area contributed by atoms with Crippen LogP contribution in [0.4, 0.5) is 5.82 Å². The van der Waals surface area contributed by atoms with Crippen LogP contribution < -0.4 is 5.32 Å². The first-order valence-corrected chi connectivity index (χ1v) is 5.17. The maximum absolute atomic E-state index is 12.0. The number of amides is 1. The van der Waals surface area contributed by atoms with Gasteiger partial charge in [-0.2, -0.15) is 5.10 Å². The van der Waals surface area contributed by atoms with Crippen molar-refractivity contribution in [1.29, 1.82) is 0 Å². The molecule has 0 aliphatic carbocycles. The van der Waals surface area contributed by atoms with Crippen molar-refractivity contribution in [3.63, 3.8) is 0 Å². The largest absolute Gasteiger partial charge is 0.306 e. The molecular weight excluding hydrogens is 218 g/mol. The molecule has 88 valence electrons. The zero-order valence-electron chi connectivity index (χ0n) is 9.93. The predicted molar refractivity (Wildman–Crippen MR) is 62.7 cm³/mol. The van der Waals surface area contributed by atoms with Crippen molar-refractivity contribution in [2.24, 2.45) is 7.05 Å². The molecule has 0 bridgehead atoms. The normalized spacial score (nSPS) is 10.3. The molecule has 17 heavy (non-hydrogen) atoms. The van der Waals surface area contributed by atoms with E-state index in [-0.39, 0.29) is 5.91 Å². The second-order valence-corrected chi connectivity index (χ2v) is 3.72. The third-order valence-electron chi connectivity index (χ3n) is 2.56. The number of hydrogen-bond acceptors (Lipinski definition) is 4. The molecule has 2 aromatic heterocycles. The molecule has 0 radical (unpaired) electrons. The molecule has 0 aromatic carbocycles. The summed E-state index contributed by atoms with van der Waals surface area (Å²) in [5, 5.41) is 6.91. The third-order valence-corrected chi connectivity index (χ3v) is 2.56. The highest BCUT2D eigenvalue weighted by atomic mass is 16.1. The van der Waals surface area contributed by atoms with E-state index in [0.717, 1.165) is 5.69 Å². The number of nitrogens with zero attached hydrogens (tertiary/aromatic N) is 4. The number of rotatable bonds is 2. The summed E-state index contributed by atoms with van der Waals surface area (Å²) in [6.45, 7) is 3.66. The highest BCUT2D eigenvalue weighted by molar-refractivity contribution is 6.05. The van der Waals surface area contributed by atoms with Crippen LogP contribution in [0.1, 0.15) is 21.7 Å². The summed E-state index contributed by atoms with van der Waals surface area (Å²) in [4.78, 5) is 19.8. The van der Waals surface area contributed by atoms with Crippen molar-refractivity contribution in [2.75, 3.05) is 5.32 Å². The molecular formula is C11H13N5O. The molecule has 0 atom stereocenters. The molecule has 1 N–H and O–H groups in total. The number of nitrogens with one attached hydrogen (secondary N) is 1. The van der Waals surface area contributed by atoms with Crippen LogP contribution in [0.2, 0.25) is 0 Å².